The van der Waals surface area contributed by atoms with Gasteiger partial charge in [-0.05, 0) is 76.2 Å². The molecule has 0 aromatic carbocycles. The van der Waals surface area contributed by atoms with E-state index in [0.29, 0.717) is 23.7 Å². The average molecular weight is 404 g/mol. The number of hydrogen-bond donors (Lipinski definition) is 2. The molecule has 2 aromatic rings. The zero-order valence-corrected chi connectivity index (χ0v) is 17.8. The molecule has 7 heteroatoms. The molecule has 8 rings (SSSR count). The van der Waals surface area contributed by atoms with Crippen molar-refractivity contribution in [1.29, 1.82) is 0 Å². The van der Waals surface area contributed by atoms with E-state index >= 15 is 0 Å². The third-order valence-corrected chi connectivity index (χ3v) is 8.74. The summed E-state index contributed by atoms with van der Waals surface area (Å²) >= 11 is 0. The number of aromatic amines is 1. The normalized spacial score (nSPS) is 38.6. The molecule has 0 spiro atoms. The minimum absolute atomic E-state index is 0.0525. The molecule has 156 valence electrons. The van der Waals surface area contributed by atoms with Gasteiger partial charge in [-0.1, -0.05) is 0 Å². The monoisotopic (exact) mass is 404 g/mol. The molecule has 2 aromatic heterocycles. The molecule has 5 atom stereocenters. The van der Waals surface area contributed by atoms with Gasteiger partial charge in [-0.15, -0.1) is 0 Å². The number of H-pyrrole nitrogens is 1. The number of nitrogens with one attached hydrogen (secondary N) is 1. The van der Waals surface area contributed by atoms with Gasteiger partial charge in [0.05, 0.1) is 11.3 Å². The number of aliphatic hydroxyl groups is 1. The Hall–Kier alpha value is -1.86. The maximum atomic E-state index is 11.1. The van der Waals surface area contributed by atoms with Crippen molar-refractivity contribution in [1.82, 2.24) is 14.9 Å². The topological polar surface area (TPSA) is 73.7 Å². The summed E-state index contributed by atoms with van der Waals surface area (Å²) in [6.07, 6.45) is 10.3. The third kappa shape index (κ3) is 2.28. The van der Waals surface area contributed by atoms with Gasteiger partial charge in [-0.25, -0.2) is 4.98 Å². The molecular formula is C23H29BN4O2. The third-order valence-electron chi connectivity index (χ3n) is 8.74. The van der Waals surface area contributed by atoms with Crippen LogP contribution in [0.4, 0.5) is 0 Å². The van der Waals surface area contributed by atoms with Gasteiger partial charge < -0.3 is 19.7 Å². The SMILES string of the molecule is CC1(C)CCOB2c3cnc4[nH]ccc4c3C([C@H]3[C@@H]4C[C@H]5C[C@H]3CC(O)(C5)C4)=NN21. The van der Waals surface area contributed by atoms with E-state index in [-0.39, 0.29) is 12.6 Å². The first-order chi connectivity index (χ1) is 14.4. The van der Waals surface area contributed by atoms with E-state index in [4.69, 9.17) is 14.7 Å². The predicted molar refractivity (Wildman–Crippen MR) is 117 cm³/mol. The van der Waals surface area contributed by atoms with Crippen LogP contribution in [-0.4, -0.2) is 50.5 Å². The van der Waals surface area contributed by atoms with Gasteiger partial charge in [0.15, 0.2) is 0 Å². The van der Waals surface area contributed by atoms with Gasteiger partial charge in [0.1, 0.15) is 5.65 Å². The van der Waals surface area contributed by atoms with Crippen molar-refractivity contribution in [3.63, 3.8) is 0 Å². The molecule has 2 N–H and O–H groups in total. The molecule has 1 saturated heterocycles. The summed E-state index contributed by atoms with van der Waals surface area (Å²) in [5.41, 5.74) is 4.07. The van der Waals surface area contributed by atoms with Crippen LogP contribution in [0.25, 0.3) is 11.0 Å². The summed E-state index contributed by atoms with van der Waals surface area (Å²) in [6.45, 7) is 5.29. The molecule has 2 aliphatic heterocycles. The fourth-order valence-corrected chi connectivity index (χ4v) is 7.66. The summed E-state index contributed by atoms with van der Waals surface area (Å²) < 4.78 is 6.27. The Morgan fingerprint density at radius 1 is 1.23 bits per heavy atom. The Bertz CT molecular complexity index is 1060. The second-order valence-electron chi connectivity index (χ2n) is 11.2. The summed E-state index contributed by atoms with van der Waals surface area (Å²) in [4.78, 5) is 10.2. The van der Waals surface area contributed by atoms with E-state index in [1.165, 1.54) is 24.1 Å². The molecule has 4 aliphatic carbocycles. The van der Waals surface area contributed by atoms with E-state index in [2.05, 4.69) is 29.8 Å². The van der Waals surface area contributed by atoms with Crippen LogP contribution >= 0.6 is 0 Å². The first-order valence-corrected chi connectivity index (χ1v) is 11.6. The molecule has 30 heavy (non-hydrogen) atoms. The lowest BCUT2D eigenvalue weighted by atomic mass is 9.48. The Balaban J connectivity index is 1.43. The molecule has 4 heterocycles. The van der Waals surface area contributed by atoms with Crippen LogP contribution in [0.3, 0.4) is 0 Å². The Morgan fingerprint density at radius 2 is 2.03 bits per heavy atom. The van der Waals surface area contributed by atoms with Gasteiger partial charge >= 0.3 is 7.05 Å². The fraction of sp³-hybridized carbons (Fsp3) is 0.652. The molecule has 6 aliphatic rings. The molecule has 1 unspecified atom stereocenters. The van der Waals surface area contributed by atoms with Crippen molar-refractivity contribution >= 4 is 29.3 Å². The lowest BCUT2D eigenvalue weighted by molar-refractivity contribution is -0.138. The van der Waals surface area contributed by atoms with E-state index < -0.39 is 5.60 Å². The van der Waals surface area contributed by atoms with Crippen molar-refractivity contribution in [2.75, 3.05) is 6.61 Å². The van der Waals surface area contributed by atoms with Gasteiger partial charge in [-0.2, -0.15) is 5.10 Å². The summed E-state index contributed by atoms with van der Waals surface area (Å²) in [5, 5.41) is 17.7. The molecule has 4 saturated carbocycles. The largest absolute Gasteiger partial charge is 0.471 e. The number of hydrogen-bond acceptors (Lipinski definition) is 5. The molecule has 5 fully saturated rings. The Labute approximate surface area is 177 Å². The Kier molecular flexibility index (Phi) is 3.37. The van der Waals surface area contributed by atoms with Gasteiger partial charge in [0, 0.05) is 46.9 Å². The van der Waals surface area contributed by atoms with Crippen molar-refractivity contribution in [3.05, 3.63) is 24.0 Å². The highest BCUT2D eigenvalue weighted by Gasteiger charge is 2.57. The predicted octanol–water partition coefficient (Wildman–Crippen LogP) is 2.66. The van der Waals surface area contributed by atoms with Crippen LogP contribution in [-0.2, 0) is 4.65 Å². The van der Waals surface area contributed by atoms with Crippen molar-refractivity contribution < 1.29 is 9.76 Å². The minimum Gasteiger partial charge on any atom is -0.412 e. The highest BCUT2D eigenvalue weighted by atomic mass is 16.4. The second kappa shape index (κ2) is 5.68. The first-order valence-electron chi connectivity index (χ1n) is 11.6. The number of aromatic nitrogens is 2. The Morgan fingerprint density at radius 3 is 2.80 bits per heavy atom. The summed E-state index contributed by atoms with van der Waals surface area (Å²) in [6, 6.07) is 2.14. The van der Waals surface area contributed by atoms with Crippen LogP contribution in [0.2, 0.25) is 0 Å². The smallest absolute Gasteiger partial charge is 0.412 e. The number of fused-ring (bicyclic) bond motifs is 5. The molecule has 0 amide bonds. The van der Waals surface area contributed by atoms with E-state index in [0.717, 1.165) is 48.8 Å². The minimum atomic E-state index is -0.428. The lowest BCUT2D eigenvalue weighted by Crippen LogP contribution is -2.65. The van der Waals surface area contributed by atoms with Crippen molar-refractivity contribution in [2.45, 2.75) is 63.5 Å². The quantitative estimate of drug-likeness (QED) is 0.717. The second-order valence-corrected chi connectivity index (χ2v) is 11.2. The zero-order valence-electron chi connectivity index (χ0n) is 17.8. The number of rotatable bonds is 1. The summed E-state index contributed by atoms with van der Waals surface area (Å²) in [5.74, 6) is 2.17. The molecule has 4 bridgehead atoms. The molecule has 6 nitrogen and oxygen atoms in total. The highest BCUT2D eigenvalue weighted by Crippen LogP contribution is 2.59. The van der Waals surface area contributed by atoms with Crippen LogP contribution in [0.1, 0.15) is 57.9 Å². The van der Waals surface area contributed by atoms with Crippen molar-refractivity contribution in [3.8, 4) is 0 Å². The average Bonchev–Trinajstić information content (AvgIpc) is 3.15. The highest BCUT2D eigenvalue weighted by molar-refractivity contribution is 6.68. The molecular weight excluding hydrogens is 375 g/mol. The van der Waals surface area contributed by atoms with E-state index in [1.807, 2.05) is 12.4 Å². The lowest BCUT2D eigenvalue weighted by Gasteiger charge is -2.59. The van der Waals surface area contributed by atoms with E-state index in [1.54, 1.807) is 0 Å². The van der Waals surface area contributed by atoms with Crippen LogP contribution in [0.5, 0.6) is 0 Å². The van der Waals surface area contributed by atoms with Crippen molar-refractivity contribution in [2.24, 2.45) is 28.8 Å². The maximum absolute atomic E-state index is 11.1. The fourth-order valence-electron chi connectivity index (χ4n) is 7.66. The van der Waals surface area contributed by atoms with Crippen LogP contribution < -0.4 is 5.46 Å². The van der Waals surface area contributed by atoms with Gasteiger partial charge in [0.2, 0.25) is 0 Å². The van der Waals surface area contributed by atoms with Crippen LogP contribution in [0.15, 0.2) is 23.6 Å². The number of pyridine rings is 1. The standard InChI is InChI=1S/C23H29BN4O2/c1-22(2)4-6-30-24-17-12-26-21-16(3-5-25-21)19(17)20(27-28(22)24)18-14-7-13-8-15(18)11-23(29,9-13)10-14/h3,5,12-15,18,29H,4,6-11H2,1-2H3,(H,25,26)/t13-,14+,15-,18-,23?. The van der Waals surface area contributed by atoms with Gasteiger partial charge in [0.25, 0.3) is 0 Å². The summed E-state index contributed by atoms with van der Waals surface area (Å²) in [7, 11) is -0.166. The maximum Gasteiger partial charge on any atom is 0.471 e. The zero-order chi connectivity index (χ0) is 20.3. The van der Waals surface area contributed by atoms with Crippen LogP contribution in [0, 0.1) is 23.7 Å². The van der Waals surface area contributed by atoms with E-state index in [9.17, 15) is 5.11 Å². The number of nitrogens with zero attached hydrogens (tertiary/aromatic N) is 3. The first kappa shape index (κ1) is 17.8. The number of hydrazone groups is 1. The molecule has 0 radical (unpaired) electrons. The van der Waals surface area contributed by atoms with Gasteiger partial charge in [-0.3, -0.25) is 0 Å².